The van der Waals surface area contributed by atoms with Gasteiger partial charge in [-0.25, -0.2) is 4.98 Å². The van der Waals surface area contributed by atoms with Crippen molar-refractivity contribution in [2.75, 3.05) is 32.1 Å². The molecule has 2 N–H and O–H groups in total. The van der Waals surface area contributed by atoms with Crippen molar-refractivity contribution in [2.45, 2.75) is 51.9 Å². The molecule has 24 heavy (non-hydrogen) atoms. The van der Waals surface area contributed by atoms with Gasteiger partial charge in [0.1, 0.15) is 0 Å². The Morgan fingerprint density at radius 2 is 2.25 bits per heavy atom. The number of piperidine rings is 1. The number of carbonyl (C=O) groups excluding carboxylic acids is 1. The van der Waals surface area contributed by atoms with E-state index in [0.717, 1.165) is 49.8 Å². The topological polar surface area (TPSA) is 63.2 Å². The van der Waals surface area contributed by atoms with Gasteiger partial charge in [0.2, 0.25) is 5.91 Å². The van der Waals surface area contributed by atoms with Gasteiger partial charge in [0.05, 0.1) is 17.7 Å². The number of amides is 1. The number of thiazole rings is 1. The van der Waals surface area contributed by atoms with Crippen LogP contribution in [0.5, 0.6) is 0 Å². The summed E-state index contributed by atoms with van der Waals surface area (Å²) in [5.41, 5.74) is 0.783. The number of nitrogens with one attached hydrogen (secondary N) is 2. The Balaban J connectivity index is 1.68. The van der Waals surface area contributed by atoms with Crippen LogP contribution in [0, 0.1) is 11.3 Å². The number of nitrogens with zero attached hydrogens (tertiary/aromatic N) is 1. The van der Waals surface area contributed by atoms with Gasteiger partial charge in [-0.15, -0.1) is 11.3 Å². The van der Waals surface area contributed by atoms with Gasteiger partial charge in [-0.2, -0.15) is 0 Å². The van der Waals surface area contributed by atoms with Crippen molar-refractivity contribution in [2.24, 2.45) is 11.3 Å². The van der Waals surface area contributed by atoms with E-state index in [0.29, 0.717) is 6.61 Å². The zero-order chi connectivity index (χ0) is 17.0. The van der Waals surface area contributed by atoms with Crippen molar-refractivity contribution in [3.8, 4) is 0 Å². The number of anilines is 1. The van der Waals surface area contributed by atoms with E-state index < -0.39 is 5.41 Å². The minimum Gasteiger partial charge on any atom is -0.384 e. The molecule has 0 spiro atoms. The molecule has 0 aromatic carbocycles. The predicted molar refractivity (Wildman–Crippen MR) is 97.6 cm³/mol. The molecule has 5 nitrogen and oxygen atoms in total. The highest BCUT2D eigenvalue weighted by Crippen LogP contribution is 2.36. The zero-order valence-electron chi connectivity index (χ0n) is 14.8. The summed E-state index contributed by atoms with van der Waals surface area (Å²) in [6.45, 7) is 4.46. The van der Waals surface area contributed by atoms with Crippen molar-refractivity contribution in [1.82, 2.24) is 10.3 Å². The Morgan fingerprint density at radius 1 is 1.46 bits per heavy atom. The number of aromatic nitrogens is 1. The second kappa shape index (κ2) is 7.93. The summed E-state index contributed by atoms with van der Waals surface area (Å²) in [7, 11) is 1.67. The van der Waals surface area contributed by atoms with Crippen LogP contribution in [0.4, 0.5) is 5.13 Å². The lowest BCUT2D eigenvalue weighted by atomic mass is 9.79. The second-order valence-electron chi connectivity index (χ2n) is 7.20. The third-order valence-electron chi connectivity index (χ3n) is 5.42. The number of rotatable bonds is 6. The van der Waals surface area contributed by atoms with E-state index in [-0.39, 0.29) is 5.91 Å². The van der Waals surface area contributed by atoms with Crippen LogP contribution in [0.2, 0.25) is 0 Å². The summed E-state index contributed by atoms with van der Waals surface area (Å²) < 4.78 is 5.36. The predicted octanol–water partition coefficient (Wildman–Crippen LogP) is 3.00. The van der Waals surface area contributed by atoms with Crippen LogP contribution in [-0.2, 0) is 22.4 Å². The maximum absolute atomic E-state index is 12.9. The van der Waals surface area contributed by atoms with Gasteiger partial charge in [0.15, 0.2) is 5.13 Å². The molecule has 134 valence electrons. The molecule has 2 heterocycles. The van der Waals surface area contributed by atoms with Crippen LogP contribution in [-0.4, -0.2) is 37.7 Å². The van der Waals surface area contributed by atoms with Gasteiger partial charge in [-0.3, -0.25) is 4.79 Å². The molecule has 0 radical (unpaired) electrons. The van der Waals surface area contributed by atoms with Crippen LogP contribution in [0.1, 0.15) is 49.6 Å². The Hall–Kier alpha value is -0.980. The molecule has 0 saturated carbocycles. The van der Waals surface area contributed by atoms with Gasteiger partial charge in [-0.05, 0) is 51.1 Å². The monoisotopic (exact) mass is 351 g/mol. The lowest BCUT2D eigenvalue weighted by molar-refractivity contribution is -0.130. The fourth-order valence-corrected chi connectivity index (χ4v) is 5.12. The van der Waals surface area contributed by atoms with Crippen LogP contribution in [0.3, 0.4) is 0 Å². The number of carbonyl (C=O) groups is 1. The molecule has 1 aliphatic carbocycles. The van der Waals surface area contributed by atoms with Crippen LogP contribution in [0.15, 0.2) is 0 Å². The molecule has 2 aliphatic rings. The maximum atomic E-state index is 12.9. The van der Waals surface area contributed by atoms with Crippen LogP contribution in [0.25, 0.3) is 0 Å². The highest BCUT2D eigenvalue weighted by Gasteiger charge is 2.40. The molecule has 1 fully saturated rings. The smallest absolute Gasteiger partial charge is 0.234 e. The summed E-state index contributed by atoms with van der Waals surface area (Å²) in [5, 5.41) is 7.20. The van der Waals surface area contributed by atoms with Gasteiger partial charge >= 0.3 is 0 Å². The van der Waals surface area contributed by atoms with E-state index in [4.69, 9.17) is 9.72 Å². The SMILES string of the molecule is CCCC1CCc2nc(NC(=O)C3(COC)CCNCC3)sc2C1. The molecule has 1 saturated heterocycles. The lowest BCUT2D eigenvalue weighted by Gasteiger charge is -2.35. The normalized spacial score (nSPS) is 22.8. The summed E-state index contributed by atoms with van der Waals surface area (Å²) in [4.78, 5) is 19.0. The Kier molecular flexibility index (Phi) is 5.89. The summed E-state index contributed by atoms with van der Waals surface area (Å²) in [5.74, 6) is 0.859. The molecule has 1 amide bonds. The van der Waals surface area contributed by atoms with Crippen LogP contribution >= 0.6 is 11.3 Å². The largest absolute Gasteiger partial charge is 0.384 e. The molecule has 1 unspecified atom stereocenters. The van der Waals surface area contributed by atoms with E-state index in [2.05, 4.69) is 17.6 Å². The van der Waals surface area contributed by atoms with E-state index in [9.17, 15) is 4.79 Å². The number of hydrogen-bond acceptors (Lipinski definition) is 5. The number of methoxy groups -OCH3 is 1. The molecule has 3 rings (SSSR count). The average Bonchev–Trinajstić information content (AvgIpc) is 2.98. The molecular formula is C18H29N3O2S. The zero-order valence-corrected chi connectivity index (χ0v) is 15.6. The Labute approximate surface area is 148 Å². The first kappa shape index (κ1) is 17.8. The summed E-state index contributed by atoms with van der Waals surface area (Å²) >= 11 is 1.67. The van der Waals surface area contributed by atoms with Crippen molar-refractivity contribution in [3.05, 3.63) is 10.6 Å². The molecule has 1 aliphatic heterocycles. The lowest BCUT2D eigenvalue weighted by Crippen LogP contribution is -2.47. The quantitative estimate of drug-likeness (QED) is 0.827. The standard InChI is InChI=1S/C18H29N3O2S/c1-3-4-13-5-6-14-15(11-13)24-17(20-14)21-16(22)18(12-23-2)7-9-19-10-8-18/h13,19H,3-12H2,1-2H3,(H,20,21,22). The molecular weight excluding hydrogens is 322 g/mol. The number of hydrogen-bond donors (Lipinski definition) is 2. The third-order valence-corrected chi connectivity index (χ3v) is 6.46. The van der Waals surface area contributed by atoms with Crippen molar-refractivity contribution in [1.29, 1.82) is 0 Å². The summed E-state index contributed by atoms with van der Waals surface area (Å²) in [6.07, 6.45) is 7.59. The van der Waals surface area contributed by atoms with Gasteiger partial charge < -0.3 is 15.4 Å². The van der Waals surface area contributed by atoms with E-state index >= 15 is 0 Å². The van der Waals surface area contributed by atoms with Crippen molar-refractivity contribution in [3.63, 3.8) is 0 Å². The molecule has 1 atom stereocenters. The fraction of sp³-hybridized carbons (Fsp3) is 0.778. The Bertz CT molecular complexity index is 561. The molecule has 1 aromatic rings. The number of aryl methyl sites for hydroxylation is 1. The van der Waals surface area contributed by atoms with Crippen molar-refractivity contribution >= 4 is 22.4 Å². The average molecular weight is 352 g/mol. The summed E-state index contributed by atoms with van der Waals surface area (Å²) in [6, 6.07) is 0. The molecule has 1 aromatic heterocycles. The molecule has 6 heteroatoms. The maximum Gasteiger partial charge on any atom is 0.234 e. The fourth-order valence-electron chi connectivity index (χ4n) is 4.00. The third kappa shape index (κ3) is 3.81. The van der Waals surface area contributed by atoms with Gasteiger partial charge in [-0.1, -0.05) is 19.8 Å². The van der Waals surface area contributed by atoms with E-state index in [1.165, 1.54) is 29.8 Å². The first-order valence-electron chi connectivity index (χ1n) is 9.16. The first-order valence-corrected chi connectivity index (χ1v) is 9.98. The molecule has 0 bridgehead atoms. The first-order chi connectivity index (χ1) is 11.7. The number of fused-ring (bicyclic) bond motifs is 1. The van der Waals surface area contributed by atoms with E-state index in [1.807, 2.05) is 0 Å². The number of ether oxygens (including phenoxy) is 1. The second-order valence-corrected chi connectivity index (χ2v) is 8.29. The highest BCUT2D eigenvalue weighted by molar-refractivity contribution is 7.15. The van der Waals surface area contributed by atoms with Gasteiger partial charge in [0.25, 0.3) is 0 Å². The Morgan fingerprint density at radius 3 is 2.96 bits per heavy atom. The van der Waals surface area contributed by atoms with Crippen molar-refractivity contribution < 1.29 is 9.53 Å². The van der Waals surface area contributed by atoms with E-state index in [1.54, 1.807) is 18.4 Å². The minimum absolute atomic E-state index is 0.0713. The van der Waals surface area contributed by atoms with Crippen LogP contribution < -0.4 is 10.6 Å². The van der Waals surface area contributed by atoms with Gasteiger partial charge in [0, 0.05) is 12.0 Å². The highest BCUT2D eigenvalue weighted by atomic mass is 32.1. The minimum atomic E-state index is -0.420.